The maximum absolute atomic E-state index is 13.4. The maximum atomic E-state index is 13.4. The van der Waals surface area contributed by atoms with Crippen LogP contribution in [0.5, 0.6) is 11.5 Å². The summed E-state index contributed by atoms with van der Waals surface area (Å²) in [5.74, 6) is 0.409. The third-order valence-corrected chi connectivity index (χ3v) is 4.72. The van der Waals surface area contributed by atoms with E-state index in [1.807, 2.05) is 13.8 Å². The van der Waals surface area contributed by atoms with Crippen LogP contribution in [0.3, 0.4) is 0 Å². The summed E-state index contributed by atoms with van der Waals surface area (Å²) in [6, 6.07) is 14.0. The molecule has 1 heterocycles. The average Bonchev–Trinajstić information content (AvgIpc) is 3.00. The van der Waals surface area contributed by atoms with E-state index in [1.165, 1.54) is 0 Å². The summed E-state index contributed by atoms with van der Waals surface area (Å²) >= 11 is 0. The highest BCUT2D eigenvalue weighted by Gasteiger charge is 2.41. The molecule has 0 aromatic heterocycles. The van der Waals surface area contributed by atoms with Crippen LogP contribution in [-0.2, 0) is 9.59 Å². The second-order valence-corrected chi connectivity index (χ2v) is 6.70. The number of aliphatic hydroxyl groups is 1. The van der Waals surface area contributed by atoms with E-state index in [4.69, 9.17) is 9.47 Å². The Bertz CT molecular complexity index is 952. The lowest BCUT2D eigenvalue weighted by molar-refractivity contribution is -0.120. The van der Waals surface area contributed by atoms with E-state index in [-0.39, 0.29) is 18.8 Å². The highest BCUT2D eigenvalue weighted by molar-refractivity contribution is 6.45. The zero-order valence-electron chi connectivity index (χ0n) is 17.4. The molecule has 7 nitrogen and oxygen atoms in total. The largest absolute Gasteiger partial charge is 0.494 e. The molecule has 2 aromatic rings. The minimum Gasteiger partial charge on any atom is -0.494 e. The number of hydrogen-bond acceptors (Lipinski definition) is 6. The number of rotatable bonds is 9. The third kappa shape index (κ3) is 4.16. The Morgan fingerprint density at radius 3 is 2.23 bits per heavy atom. The monoisotopic (exact) mass is 410 g/mol. The Hall–Kier alpha value is -3.32. The minimum absolute atomic E-state index is 0.141. The fourth-order valence-electron chi connectivity index (χ4n) is 3.39. The van der Waals surface area contributed by atoms with Crippen molar-refractivity contribution in [3.8, 4) is 11.5 Å². The second-order valence-electron chi connectivity index (χ2n) is 6.70. The summed E-state index contributed by atoms with van der Waals surface area (Å²) in [5, 5.41) is 9.37. The molecule has 1 aliphatic heterocycles. The minimum atomic E-state index is -0.437. The van der Waals surface area contributed by atoms with Crippen molar-refractivity contribution >= 4 is 23.1 Å². The summed E-state index contributed by atoms with van der Waals surface area (Å²) < 4.78 is 11.0. The van der Waals surface area contributed by atoms with Gasteiger partial charge in [-0.15, -0.1) is 0 Å². The van der Waals surface area contributed by atoms with Crippen molar-refractivity contribution in [3.05, 3.63) is 59.8 Å². The fourth-order valence-corrected chi connectivity index (χ4v) is 3.39. The summed E-state index contributed by atoms with van der Waals surface area (Å²) in [6.45, 7) is 4.86. The predicted octanol–water partition coefficient (Wildman–Crippen LogP) is 2.69. The van der Waals surface area contributed by atoms with Crippen LogP contribution in [-0.4, -0.2) is 55.2 Å². The van der Waals surface area contributed by atoms with Crippen molar-refractivity contribution in [2.75, 3.05) is 38.3 Å². The van der Waals surface area contributed by atoms with Gasteiger partial charge in [0.25, 0.3) is 11.8 Å². The molecule has 0 saturated carbocycles. The Labute approximate surface area is 176 Å². The summed E-state index contributed by atoms with van der Waals surface area (Å²) in [6.07, 6.45) is 0. The number of anilines is 1. The molecule has 158 valence electrons. The van der Waals surface area contributed by atoms with Crippen LogP contribution in [0.25, 0.3) is 5.57 Å². The van der Waals surface area contributed by atoms with Crippen molar-refractivity contribution in [1.29, 1.82) is 0 Å². The predicted molar refractivity (Wildman–Crippen MR) is 114 cm³/mol. The lowest BCUT2D eigenvalue weighted by Crippen LogP contribution is -2.34. The van der Waals surface area contributed by atoms with Crippen LogP contribution >= 0.6 is 0 Å². The molecule has 2 amide bonds. The standard InChI is InChI=1S/C23H26N2O5/c1-4-29-18-11-9-16(10-12-18)20-21(24(3)13-14-26)23(28)25(22(20)27)17-7-6-8-19(15-17)30-5-2/h6-12,15,26H,4-5,13-14H2,1-3H3. The van der Waals surface area contributed by atoms with Crippen molar-refractivity contribution in [3.63, 3.8) is 0 Å². The normalized spacial score (nSPS) is 13.8. The summed E-state index contributed by atoms with van der Waals surface area (Å²) in [5.41, 5.74) is 1.59. The van der Waals surface area contributed by atoms with Crippen LogP contribution in [0.2, 0.25) is 0 Å². The van der Waals surface area contributed by atoms with Crippen molar-refractivity contribution in [2.45, 2.75) is 13.8 Å². The van der Waals surface area contributed by atoms with E-state index < -0.39 is 11.8 Å². The zero-order chi connectivity index (χ0) is 21.7. The van der Waals surface area contributed by atoms with Gasteiger partial charge in [-0.2, -0.15) is 0 Å². The number of aliphatic hydroxyl groups excluding tert-OH is 1. The third-order valence-electron chi connectivity index (χ3n) is 4.72. The van der Waals surface area contributed by atoms with Crippen LogP contribution in [0, 0.1) is 0 Å². The number of carbonyl (C=O) groups is 2. The fraction of sp³-hybridized carbons (Fsp3) is 0.304. The first-order valence-corrected chi connectivity index (χ1v) is 9.92. The highest BCUT2D eigenvalue weighted by atomic mass is 16.5. The Balaban J connectivity index is 2.05. The Morgan fingerprint density at radius 1 is 0.933 bits per heavy atom. The molecule has 7 heteroatoms. The van der Waals surface area contributed by atoms with E-state index in [0.29, 0.717) is 41.5 Å². The van der Waals surface area contributed by atoms with E-state index in [1.54, 1.807) is 60.5 Å². The van der Waals surface area contributed by atoms with Crippen molar-refractivity contribution < 1.29 is 24.2 Å². The van der Waals surface area contributed by atoms with Gasteiger partial charge >= 0.3 is 0 Å². The van der Waals surface area contributed by atoms with Gasteiger partial charge in [0.05, 0.1) is 31.1 Å². The van der Waals surface area contributed by atoms with E-state index >= 15 is 0 Å². The molecule has 30 heavy (non-hydrogen) atoms. The lowest BCUT2D eigenvalue weighted by atomic mass is 10.0. The number of imide groups is 1. The molecule has 0 saturated heterocycles. The number of likely N-dealkylation sites (N-methyl/N-ethyl adjacent to an activating group) is 1. The second kappa shape index (κ2) is 9.45. The molecule has 3 rings (SSSR count). The molecule has 1 N–H and O–H groups in total. The first-order chi connectivity index (χ1) is 14.5. The molecule has 0 atom stereocenters. The van der Waals surface area contributed by atoms with Crippen molar-refractivity contribution in [2.24, 2.45) is 0 Å². The lowest BCUT2D eigenvalue weighted by Gasteiger charge is -2.20. The first-order valence-electron chi connectivity index (χ1n) is 9.92. The molecule has 0 unspecified atom stereocenters. The Morgan fingerprint density at radius 2 is 1.60 bits per heavy atom. The summed E-state index contributed by atoms with van der Waals surface area (Å²) in [7, 11) is 1.69. The molecule has 0 aliphatic carbocycles. The molecule has 0 fully saturated rings. The number of nitrogens with zero attached hydrogens (tertiary/aromatic N) is 2. The number of benzene rings is 2. The van der Waals surface area contributed by atoms with Gasteiger partial charge in [0.15, 0.2) is 0 Å². The maximum Gasteiger partial charge on any atom is 0.282 e. The highest BCUT2D eigenvalue weighted by Crippen LogP contribution is 2.35. The molecule has 0 radical (unpaired) electrons. The molecular weight excluding hydrogens is 384 g/mol. The number of hydrogen-bond donors (Lipinski definition) is 1. The Kier molecular flexibility index (Phi) is 6.74. The molecular formula is C23H26N2O5. The van der Waals surface area contributed by atoms with Gasteiger partial charge in [0.2, 0.25) is 0 Å². The average molecular weight is 410 g/mol. The summed E-state index contributed by atoms with van der Waals surface area (Å²) in [4.78, 5) is 29.5. The molecule has 0 bridgehead atoms. The van der Waals surface area contributed by atoms with Gasteiger partial charge in [0, 0.05) is 19.7 Å². The van der Waals surface area contributed by atoms with Gasteiger partial charge < -0.3 is 19.5 Å². The van der Waals surface area contributed by atoms with E-state index in [2.05, 4.69) is 0 Å². The van der Waals surface area contributed by atoms with Crippen LogP contribution < -0.4 is 14.4 Å². The van der Waals surface area contributed by atoms with E-state index in [0.717, 1.165) is 4.90 Å². The topological polar surface area (TPSA) is 79.3 Å². The first kappa shape index (κ1) is 21.4. The smallest absolute Gasteiger partial charge is 0.282 e. The van der Waals surface area contributed by atoms with Crippen LogP contribution in [0.15, 0.2) is 54.2 Å². The van der Waals surface area contributed by atoms with Crippen LogP contribution in [0.1, 0.15) is 19.4 Å². The molecule has 1 aliphatic rings. The van der Waals surface area contributed by atoms with E-state index in [9.17, 15) is 14.7 Å². The van der Waals surface area contributed by atoms with Crippen LogP contribution in [0.4, 0.5) is 5.69 Å². The number of carbonyl (C=O) groups excluding carboxylic acids is 2. The van der Waals surface area contributed by atoms with Gasteiger partial charge in [-0.1, -0.05) is 18.2 Å². The number of amides is 2. The quantitative estimate of drug-likeness (QED) is 0.641. The van der Waals surface area contributed by atoms with Gasteiger partial charge in [-0.3, -0.25) is 9.59 Å². The van der Waals surface area contributed by atoms with Gasteiger partial charge in [0.1, 0.15) is 17.2 Å². The van der Waals surface area contributed by atoms with Gasteiger partial charge in [-0.05, 0) is 43.7 Å². The molecule has 2 aromatic carbocycles. The molecule has 0 spiro atoms. The van der Waals surface area contributed by atoms with Gasteiger partial charge in [-0.25, -0.2) is 4.90 Å². The zero-order valence-corrected chi connectivity index (χ0v) is 17.4. The number of ether oxygens (including phenoxy) is 2. The SMILES string of the molecule is CCOc1ccc(C2=C(N(C)CCO)C(=O)N(c3cccc(OCC)c3)C2=O)cc1. The van der Waals surface area contributed by atoms with Crippen molar-refractivity contribution in [1.82, 2.24) is 4.90 Å².